The molecule has 0 aromatic heterocycles. The molecule has 3 aromatic rings. The summed E-state index contributed by atoms with van der Waals surface area (Å²) in [6, 6.07) is 21.7. The Kier molecular flexibility index (Phi) is 8.64. The van der Waals surface area contributed by atoms with Crippen molar-refractivity contribution in [3.8, 4) is 23.3 Å². The van der Waals surface area contributed by atoms with Crippen LogP contribution in [0.1, 0.15) is 28.4 Å². The molecule has 0 atom stereocenters. The number of nitrogens with zero attached hydrogens (tertiary/aromatic N) is 3. The highest BCUT2D eigenvalue weighted by Crippen LogP contribution is 2.29. The molecule has 4 rings (SSSR count). The normalized spacial score (nSPS) is 13.0. The summed E-state index contributed by atoms with van der Waals surface area (Å²) in [5, 5.41) is 9.04. The zero-order valence-corrected chi connectivity index (χ0v) is 21.9. The van der Waals surface area contributed by atoms with Crippen LogP contribution in [-0.4, -0.2) is 54.6 Å². The van der Waals surface area contributed by atoms with E-state index in [1.807, 2.05) is 24.3 Å². The molecule has 1 heterocycles. The van der Waals surface area contributed by atoms with Crippen LogP contribution in [0.4, 0.5) is 4.79 Å². The summed E-state index contributed by atoms with van der Waals surface area (Å²) in [7, 11) is 0. The van der Waals surface area contributed by atoms with Gasteiger partial charge in [-0.05, 0) is 61.0 Å². The van der Waals surface area contributed by atoms with Crippen molar-refractivity contribution in [2.24, 2.45) is 0 Å². The lowest BCUT2D eigenvalue weighted by molar-refractivity contribution is 0.0570. The largest absolute Gasteiger partial charge is 0.489 e. The van der Waals surface area contributed by atoms with Gasteiger partial charge in [0.15, 0.2) is 0 Å². The summed E-state index contributed by atoms with van der Waals surface area (Å²) in [6.07, 6.45) is -0.365. The van der Waals surface area contributed by atoms with Gasteiger partial charge in [-0.1, -0.05) is 28.1 Å². The minimum atomic E-state index is -0.365. The van der Waals surface area contributed by atoms with Gasteiger partial charge in [-0.15, -0.1) is 0 Å². The third-order valence-corrected chi connectivity index (χ3v) is 6.29. The van der Waals surface area contributed by atoms with Gasteiger partial charge >= 0.3 is 6.09 Å². The molecule has 0 aliphatic carbocycles. The Hall–Kier alpha value is -4.03. The van der Waals surface area contributed by atoms with Crippen LogP contribution in [0.3, 0.4) is 0 Å². The number of hydrogen-bond donors (Lipinski definition) is 0. The second kappa shape index (κ2) is 12.3. The summed E-state index contributed by atoms with van der Waals surface area (Å²) < 4.78 is 18.1. The van der Waals surface area contributed by atoms with Gasteiger partial charge in [-0.25, -0.2) is 4.79 Å². The molecule has 1 saturated heterocycles. The molecule has 0 bridgehead atoms. The number of hydrogen-bond acceptors (Lipinski definition) is 6. The van der Waals surface area contributed by atoms with Crippen LogP contribution in [-0.2, 0) is 11.3 Å². The molecule has 2 amide bonds. The van der Waals surface area contributed by atoms with Gasteiger partial charge in [0.2, 0.25) is 0 Å². The zero-order chi connectivity index (χ0) is 26.2. The van der Waals surface area contributed by atoms with Crippen molar-refractivity contribution < 1.29 is 23.8 Å². The average molecular weight is 564 g/mol. The molecule has 3 aromatic carbocycles. The summed E-state index contributed by atoms with van der Waals surface area (Å²) in [6.45, 7) is 3.99. The first-order chi connectivity index (χ1) is 17.9. The molecule has 0 saturated carbocycles. The number of halogens is 1. The monoisotopic (exact) mass is 563 g/mol. The minimum absolute atomic E-state index is 0.178. The van der Waals surface area contributed by atoms with Gasteiger partial charge in [0.05, 0.1) is 18.2 Å². The van der Waals surface area contributed by atoms with E-state index in [-0.39, 0.29) is 12.0 Å². The minimum Gasteiger partial charge on any atom is -0.489 e. The van der Waals surface area contributed by atoms with E-state index in [1.165, 1.54) is 0 Å². The van der Waals surface area contributed by atoms with Crippen molar-refractivity contribution in [2.75, 3.05) is 32.8 Å². The highest BCUT2D eigenvalue weighted by molar-refractivity contribution is 9.10. The Morgan fingerprint density at radius 1 is 0.892 bits per heavy atom. The summed E-state index contributed by atoms with van der Waals surface area (Å²) in [5.41, 5.74) is 1.92. The first-order valence-corrected chi connectivity index (χ1v) is 12.7. The third-order valence-electron chi connectivity index (χ3n) is 5.76. The lowest BCUT2D eigenvalue weighted by atomic mass is 10.1. The molecule has 0 spiro atoms. The van der Waals surface area contributed by atoms with Crippen LogP contribution in [0.15, 0.2) is 71.2 Å². The Morgan fingerprint density at radius 2 is 1.54 bits per heavy atom. The molecule has 37 heavy (non-hydrogen) atoms. The molecule has 0 unspecified atom stereocenters. The number of rotatable bonds is 7. The highest BCUT2D eigenvalue weighted by Gasteiger charge is 2.26. The van der Waals surface area contributed by atoms with Gasteiger partial charge in [0.25, 0.3) is 5.91 Å². The summed E-state index contributed by atoms with van der Waals surface area (Å²) in [4.78, 5) is 28.7. The van der Waals surface area contributed by atoms with Crippen LogP contribution in [0.25, 0.3) is 0 Å². The highest BCUT2D eigenvalue weighted by atomic mass is 79.9. The Balaban J connectivity index is 1.53. The lowest BCUT2D eigenvalue weighted by Crippen LogP contribution is -2.50. The summed E-state index contributed by atoms with van der Waals surface area (Å²) >= 11 is 3.43. The number of carbonyl (C=O) groups excluding carboxylic acids is 2. The fourth-order valence-corrected chi connectivity index (χ4v) is 4.07. The molecule has 0 N–H and O–H groups in total. The van der Waals surface area contributed by atoms with E-state index in [2.05, 4.69) is 22.0 Å². The van der Waals surface area contributed by atoms with Crippen LogP contribution in [0, 0.1) is 11.3 Å². The van der Waals surface area contributed by atoms with Crippen LogP contribution in [0.5, 0.6) is 17.2 Å². The van der Waals surface area contributed by atoms with Crippen LogP contribution in [0.2, 0.25) is 0 Å². The smallest absolute Gasteiger partial charge is 0.409 e. The van der Waals surface area contributed by atoms with Gasteiger partial charge in [0, 0.05) is 42.3 Å². The molecular weight excluding hydrogens is 538 g/mol. The summed E-state index contributed by atoms with van der Waals surface area (Å²) in [5.74, 6) is 1.28. The number of nitriles is 1. The molecule has 1 aliphatic rings. The lowest BCUT2D eigenvalue weighted by Gasteiger charge is -2.34. The predicted octanol–water partition coefficient (Wildman–Crippen LogP) is 5.61. The van der Waals surface area contributed by atoms with Crippen molar-refractivity contribution in [3.63, 3.8) is 0 Å². The number of benzene rings is 3. The number of piperazine rings is 1. The van der Waals surface area contributed by atoms with Gasteiger partial charge < -0.3 is 24.0 Å². The third kappa shape index (κ3) is 7.02. The quantitative estimate of drug-likeness (QED) is 0.371. The number of amides is 2. The van der Waals surface area contributed by atoms with Crippen LogP contribution < -0.4 is 9.47 Å². The standard InChI is InChI=1S/C28H26BrN3O5/c1-2-35-28(34)32-13-11-31(12-14-32)27(33)22-15-25(36-19-21-3-7-23(29)8-4-21)17-26(16-22)37-24-9-5-20(18-30)6-10-24/h3-10,15-17H,2,11-14,19H2,1H3. The van der Waals surface area contributed by atoms with Crippen LogP contribution >= 0.6 is 15.9 Å². The maximum atomic E-state index is 13.4. The second-order valence-electron chi connectivity index (χ2n) is 8.32. The Morgan fingerprint density at radius 3 is 2.19 bits per heavy atom. The first kappa shape index (κ1) is 26.0. The first-order valence-electron chi connectivity index (χ1n) is 11.9. The van der Waals surface area contributed by atoms with Crippen molar-refractivity contribution in [2.45, 2.75) is 13.5 Å². The van der Waals surface area contributed by atoms with Crippen molar-refractivity contribution in [3.05, 3.63) is 87.9 Å². The molecule has 9 heteroatoms. The second-order valence-corrected chi connectivity index (χ2v) is 9.24. The topological polar surface area (TPSA) is 92.1 Å². The van der Waals surface area contributed by atoms with E-state index in [0.717, 1.165) is 10.0 Å². The zero-order valence-electron chi connectivity index (χ0n) is 20.4. The molecule has 8 nitrogen and oxygen atoms in total. The maximum Gasteiger partial charge on any atom is 0.409 e. The van der Waals surface area contributed by atoms with E-state index in [4.69, 9.17) is 19.5 Å². The number of carbonyl (C=O) groups is 2. The van der Waals surface area contributed by atoms with E-state index in [9.17, 15) is 9.59 Å². The van der Waals surface area contributed by atoms with Crippen molar-refractivity contribution >= 4 is 27.9 Å². The average Bonchev–Trinajstić information content (AvgIpc) is 2.93. The molecule has 1 fully saturated rings. The van der Waals surface area contributed by atoms with Gasteiger partial charge in [-0.3, -0.25) is 4.79 Å². The van der Waals surface area contributed by atoms with E-state index in [0.29, 0.717) is 67.8 Å². The predicted molar refractivity (Wildman–Crippen MR) is 141 cm³/mol. The molecule has 190 valence electrons. The molecule has 0 radical (unpaired) electrons. The van der Waals surface area contributed by atoms with Gasteiger partial charge in [0.1, 0.15) is 23.9 Å². The van der Waals surface area contributed by atoms with Crippen molar-refractivity contribution in [1.29, 1.82) is 5.26 Å². The van der Waals surface area contributed by atoms with E-state index >= 15 is 0 Å². The van der Waals surface area contributed by atoms with Gasteiger partial charge in [-0.2, -0.15) is 5.26 Å². The van der Waals surface area contributed by atoms with Crippen molar-refractivity contribution in [1.82, 2.24) is 9.80 Å². The fourth-order valence-electron chi connectivity index (χ4n) is 3.81. The maximum absolute atomic E-state index is 13.4. The molecular formula is C28H26BrN3O5. The number of ether oxygens (including phenoxy) is 3. The van der Waals surface area contributed by atoms with E-state index < -0.39 is 0 Å². The van der Waals surface area contributed by atoms with E-state index in [1.54, 1.807) is 59.2 Å². The SMILES string of the molecule is CCOC(=O)N1CCN(C(=O)c2cc(OCc3ccc(Br)cc3)cc(Oc3ccc(C#N)cc3)c2)CC1. The Bertz CT molecular complexity index is 1280. The Labute approximate surface area is 224 Å². The molecule has 1 aliphatic heterocycles. The fraction of sp³-hybridized carbons (Fsp3) is 0.250.